The highest BCUT2D eigenvalue weighted by Crippen LogP contribution is 2.39. The Morgan fingerprint density at radius 1 is 1.25 bits per heavy atom. The highest BCUT2D eigenvalue weighted by molar-refractivity contribution is 7.91. The predicted molar refractivity (Wildman–Crippen MR) is 85.9 cm³/mol. The van der Waals surface area contributed by atoms with Crippen molar-refractivity contribution in [1.29, 1.82) is 0 Å². The molecule has 2 saturated heterocycles. The average molecular weight is 357 g/mol. The third-order valence-electron chi connectivity index (χ3n) is 5.38. The van der Waals surface area contributed by atoms with Gasteiger partial charge in [-0.3, -0.25) is 14.5 Å². The standard InChI is InChI=1S/C15H23N3O5S/c1-17-14(21)18(13(20)15(17)6-3-2-4-7-15)9-12(19)16-11-5-8-24(22,23)10-11/h11H,2-10H2,1H3,(H,16,19). The SMILES string of the molecule is CN1C(=O)N(CC(=O)NC2CCS(=O)(=O)C2)C(=O)C12CCCCC2. The zero-order valence-corrected chi connectivity index (χ0v) is 14.6. The molecular formula is C15H23N3O5S. The second kappa shape index (κ2) is 6.02. The molecule has 1 spiro atoms. The number of nitrogens with zero attached hydrogens (tertiary/aromatic N) is 2. The number of imide groups is 1. The van der Waals surface area contributed by atoms with Crippen molar-refractivity contribution >= 4 is 27.7 Å². The molecule has 9 heteroatoms. The average Bonchev–Trinajstić information content (AvgIpc) is 2.95. The molecule has 0 bridgehead atoms. The second-order valence-electron chi connectivity index (χ2n) is 6.99. The van der Waals surface area contributed by atoms with Gasteiger partial charge in [0.2, 0.25) is 5.91 Å². The molecule has 3 aliphatic rings. The summed E-state index contributed by atoms with van der Waals surface area (Å²) >= 11 is 0. The molecule has 1 atom stereocenters. The zero-order chi connectivity index (χ0) is 17.5. The first-order valence-corrected chi connectivity index (χ1v) is 10.2. The molecule has 4 amide bonds. The molecule has 24 heavy (non-hydrogen) atoms. The Hall–Kier alpha value is -1.64. The number of rotatable bonds is 3. The normalized spacial score (nSPS) is 28.6. The van der Waals surface area contributed by atoms with Gasteiger partial charge in [-0.2, -0.15) is 0 Å². The molecule has 3 fully saturated rings. The molecule has 0 aromatic carbocycles. The van der Waals surface area contributed by atoms with E-state index in [0.717, 1.165) is 24.2 Å². The van der Waals surface area contributed by atoms with E-state index in [0.29, 0.717) is 19.3 Å². The Morgan fingerprint density at radius 3 is 2.50 bits per heavy atom. The van der Waals surface area contributed by atoms with Gasteiger partial charge in [0.25, 0.3) is 5.91 Å². The molecule has 8 nitrogen and oxygen atoms in total. The van der Waals surface area contributed by atoms with E-state index in [2.05, 4.69) is 5.32 Å². The molecule has 0 radical (unpaired) electrons. The molecule has 2 heterocycles. The van der Waals surface area contributed by atoms with Crippen LogP contribution in [-0.2, 0) is 19.4 Å². The first kappa shape index (κ1) is 17.2. The summed E-state index contributed by atoms with van der Waals surface area (Å²) in [5.41, 5.74) is -0.799. The summed E-state index contributed by atoms with van der Waals surface area (Å²) in [7, 11) is -1.47. The van der Waals surface area contributed by atoms with E-state index in [1.807, 2.05) is 0 Å². The monoisotopic (exact) mass is 357 g/mol. The van der Waals surface area contributed by atoms with Gasteiger partial charge in [-0.25, -0.2) is 13.2 Å². The van der Waals surface area contributed by atoms with Crippen molar-refractivity contribution in [1.82, 2.24) is 15.1 Å². The summed E-state index contributed by atoms with van der Waals surface area (Å²) < 4.78 is 22.9. The van der Waals surface area contributed by atoms with Crippen LogP contribution in [-0.4, -0.2) is 72.7 Å². The number of carbonyl (C=O) groups excluding carboxylic acids is 3. The van der Waals surface area contributed by atoms with Crippen LogP contribution < -0.4 is 5.32 Å². The second-order valence-corrected chi connectivity index (χ2v) is 9.22. The third-order valence-corrected chi connectivity index (χ3v) is 7.15. The molecule has 1 aliphatic carbocycles. The van der Waals surface area contributed by atoms with Crippen LogP contribution in [0.15, 0.2) is 0 Å². The van der Waals surface area contributed by atoms with E-state index < -0.39 is 33.4 Å². The van der Waals surface area contributed by atoms with Crippen molar-refractivity contribution in [3.05, 3.63) is 0 Å². The topological polar surface area (TPSA) is 104 Å². The maximum absolute atomic E-state index is 12.8. The Morgan fingerprint density at radius 2 is 1.92 bits per heavy atom. The maximum atomic E-state index is 12.8. The molecule has 134 valence electrons. The molecule has 0 aromatic rings. The van der Waals surface area contributed by atoms with Crippen LogP contribution in [0.5, 0.6) is 0 Å². The highest BCUT2D eigenvalue weighted by atomic mass is 32.2. The lowest BCUT2D eigenvalue weighted by Gasteiger charge is -2.35. The van der Waals surface area contributed by atoms with Crippen molar-refractivity contribution in [3.63, 3.8) is 0 Å². The van der Waals surface area contributed by atoms with Gasteiger partial charge in [0.05, 0.1) is 11.5 Å². The number of amides is 4. The number of hydrogen-bond donors (Lipinski definition) is 1. The summed E-state index contributed by atoms with van der Waals surface area (Å²) in [5, 5.41) is 2.63. The number of likely N-dealkylation sites (N-methyl/N-ethyl adjacent to an activating group) is 1. The fourth-order valence-corrected chi connectivity index (χ4v) is 5.67. The quantitative estimate of drug-likeness (QED) is 0.710. The first-order chi connectivity index (χ1) is 11.3. The lowest BCUT2D eigenvalue weighted by Crippen LogP contribution is -2.50. The van der Waals surface area contributed by atoms with Crippen molar-refractivity contribution < 1.29 is 22.8 Å². The van der Waals surface area contributed by atoms with Crippen LogP contribution >= 0.6 is 0 Å². The van der Waals surface area contributed by atoms with E-state index in [1.54, 1.807) is 7.05 Å². The van der Waals surface area contributed by atoms with Crippen LogP contribution in [0.2, 0.25) is 0 Å². The van der Waals surface area contributed by atoms with E-state index in [9.17, 15) is 22.8 Å². The molecule has 1 unspecified atom stereocenters. The van der Waals surface area contributed by atoms with Crippen LogP contribution in [0, 0.1) is 0 Å². The van der Waals surface area contributed by atoms with Gasteiger partial charge >= 0.3 is 6.03 Å². The van der Waals surface area contributed by atoms with Crippen molar-refractivity contribution in [2.45, 2.75) is 50.1 Å². The molecule has 1 saturated carbocycles. The Kier molecular flexibility index (Phi) is 4.31. The number of hydrogen-bond acceptors (Lipinski definition) is 5. The van der Waals surface area contributed by atoms with Crippen LogP contribution in [0.3, 0.4) is 0 Å². The molecule has 0 aromatic heterocycles. The van der Waals surface area contributed by atoms with Gasteiger partial charge in [-0.05, 0) is 19.3 Å². The Bertz CT molecular complexity index is 669. The summed E-state index contributed by atoms with van der Waals surface area (Å²) in [6.45, 7) is -0.347. The van der Waals surface area contributed by atoms with E-state index in [4.69, 9.17) is 0 Å². The number of urea groups is 1. The van der Waals surface area contributed by atoms with Gasteiger partial charge in [-0.15, -0.1) is 0 Å². The summed E-state index contributed by atoms with van der Waals surface area (Å²) in [6, 6.07) is -0.882. The molecule has 1 N–H and O–H groups in total. The smallest absolute Gasteiger partial charge is 0.327 e. The third kappa shape index (κ3) is 2.89. The largest absolute Gasteiger partial charge is 0.351 e. The van der Waals surface area contributed by atoms with E-state index in [1.165, 1.54) is 4.90 Å². The maximum Gasteiger partial charge on any atom is 0.327 e. The Labute approximate surface area is 141 Å². The van der Waals surface area contributed by atoms with E-state index in [-0.39, 0.29) is 24.0 Å². The number of nitrogens with one attached hydrogen (secondary N) is 1. The fourth-order valence-electron chi connectivity index (χ4n) is 4.00. The van der Waals surface area contributed by atoms with E-state index >= 15 is 0 Å². The predicted octanol–water partition coefficient (Wildman–Crippen LogP) is -0.113. The van der Waals surface area contributed by atoms with Gasteiger partial charge in [0, 0.05) is 13.1 Å². The van der Waals surface area contributed by atoms with Crippen molar-refractivity contribution in [2.24, 2.45) is 0 Å². The molecular weight excluding hydrogens is 334 g/mol. The summed E-state index contributed by atoms with van der Waals surface area (Å²) in [6.07, 6.45) is 4.47. The summed E-state index contributed by atoms with van der Waals surface area (Å²) in [5.74, 6) is -0.806. The van der Waals surface area contributed by atoms with Crippen LogP contribution in [0.25, 0.3) is 0 Å². The lowest BCUT2D eigenvalue weighted by molar-refractivity contribution is -0.137. The fraction of sp³-hybridized carbons (Fsp3) is 0.800. The van der Waals surface area contributed by atoms with Crippen molar-refractivity contribution in [3.8, 4) is 0 Å². The number of sulfone groups is 1. The molecule has 2 aliphatic heterocycles. The number of carbonyl (C=O) groups is 3. The lowest BCUT2D eigenvalue weighted by atomic mass is 9.81. The van der Waals surface area contributed by atoms with Crippen molar-refractivity contribution in [2.75, 3.05) is 25.1 Å². The first-order valence-electron chi connectivity index (χ1n) is 8.35. The molecule has 3 rings (SSSR count). The van der Waals surface area contributed by atoms with Crippen LogP contribution in [0.1, 0.15) is 38.5 Å². The van der Waals surface area contributed by atoms with Gasteiger partial charge in [0.1, 0.15) is 12.1 Å². The minimum Gasteiger partial charge on any atom is -0.351 e. The minimum absolute atomic E-state index is 0.0609. The minimum atomic E-state index is -3.09. The Balaban J connectivity index is 1.65. The zero-order valence-electron chi connectivity index (χ0n) is 13.8. The van der Waals surface area contributed by atoms with Gasteiger partial charge in [0.15, 0.2) is 9.84 Å². The van der Waals surface area contributed by atoms with Gasteiger partial charge < -0.3 is 10.2 Å². The highest BCUT2D eigenvalue weighted by Gasteiger charge is 2.55. The summed E-state index contributed by atoms with van der Waals surface area (Å²) in [4.78, 5) is 39.8. The van der Waals surface area contributed by atoms with Gasteiger partial charge in [-0.1, -0.05) is 19.3 Å². The van der Waals surface area contributed by atoms with Crippen LogP contribution in [0.4, 0.5) is 4.79 Å².